The zero-order chi connectivity index (χ0) is 22.6. The number of pyridine rings is 1. The van der Waals surface area contributed by atoms with Crippen LogP contribution in [0.25, 0.3) is 11.4 Å². The number of nitriles is 1. The summed E-state index contributed by atoms with van der Waals surface area (Å²) in [7, 11) is -3.68. The Morgan fingerprint density at radius 2 is 1.81 bits per heavy atom. The minimum Gasteiger partial charge on any atom is -0.313 e. The maximum atomic E-state index is 12.8. The molecular weight excluding hydrogens is 434 g/mol. The van der Waals surface area contributed by atoms with Crippen LogP contribution in [0.3, 0.4) is 0 Å². The van der Waals surface area contributed by atoms with Gasteiger partial charge < -0.3 is 4.52 Å². The first-order chi connectivity index (χ1) is 15.5. The number of sulfonamides is 1. The summed E-state index contributed by atoms with van der Waals surface area (Å²) in [5.74, 6) is -0.299. The summed E-state index contributed by atoms with van der Waals surface area (Å²) in [5, 5.41) is 12.7. The van der Waals surface area contributed by atoms with Gasteiger partial charge in [-0.05, 0) is 49.2 Å². The minimum absolute atomic E-state index is 0.0333. The van der Waals surface area contributed by atoms with E-state index in [0.717, 1.165) is 5.56 Å². The van der Waals surface area contributed by atoms with Gasteiger partial charge in [-0.15, -0.1) is 0 Å². The molecule has 3 aromatic rings. The highest BCUT2D eigenvalue weighted by molar-refractivity contribution is 7.89. The summed E-state index contributed by atoms with van der Waals surface area (Å²) in [5.41, 5.74) is 6.24. The first kappa shape index (κ1) is 21.4. The lowest BCUT2D eigenvalue weighted by molar-refractivity contribution is -0.125. The molecule has 164 valence electrons. The number of piperidine rings is 1. The fraction of sp³-hybridized carbons (Fsp3) is 0.250. The molecule has 2 N–H and O–H groups in total. The van der Waals surface area contributed by atoms with Gasteiger partial charge in [-0.25, -0.2) is 13.8 Å². The lowest BCUT2D eigenvalue weighted by Crippen LogP contribution is -2.44. The Balaban J connectivity index is 1.30. The van der Waals surface area contributed by atoms with Gasteiger partial charge in [0.1, 0.15) is 0 Å². The summed E-state index contributed by atoms with van der Waals surface area (Å²) in [6.07, 6.45) is 3.95. The van der Waals surface area contributed by atoms with Crippen molar-refractivity contribution in [1.29, 1.82) is 5.26 Å². The molecule has 1 fully saturated rings. The Labute approximate surface area is 184 Å². The molecule has 1 aromatic carbocycles. The Kier molecular flexibility index (Phi) is 6.11. The predicted molar refractivity (Wildman–Crippen MR) is 112 cm³/mol. The molecule has 0 spiro atoms. The lowest BCUT2D eigenvalue weighted by atomic mass is 9.98. The summed E-state index contributed by atoms with van der Waals surface area (Å²) in [6, 6.07) is 11.2. The van der Waals surface area contributed by atoms with Crippen LogP contribution in [0.4, 0.5) is 6.01 Å². The van der Waals surface area contributed by atoms with Gasteiger partial charge in [-0.2, -0.15) is 14.6 Å². The Morgan fingerprint density at radius 3 is 2.47 bits per heavy atom. The molecule has 1 saturated heterocycles. The summed E-state index contributed by atoms with van der Waals surface area (Å²) < 4.78 is 32.0. The molecule has 3 heterocycles. The van der Waals surface area contributed by atoms with Gasteiger partial charge in [0.15, 0.2) is 0 Å². The number of hydrogen-bond acceptors (Lipinski definition) is 9. The SMILES string of the molecule is N#Cc1ccc(S(=O)(=O)N2CCC(C(=O)NNc3nc(-c4ccncc4)no3)CC2)cc1. The Hall–Kier alpha value is -3.82. The topological polar surface area (TPSA) is 154 Å². The van der Waals surface area contributed by atoms with Crippen LogP contribution in [0.1, 0.15) is 18.4 Å². The standard InChI is InChI=1S/C20H19N7O4S/c21-13-14-1-3-17(4-2-14)32(29,30)27-11-7-16(8-12-27)19(28)24-25-20-23-18(26-31-20)15-5-9-22-10-6-15/h1-6,9-10,16H,7-8,11-12H2,(H,24,28)(H,23,25,26). The zero-order valence-corrected chi connectivity index (χ0v) is 17.6. The van der Waals surface area contributed by atoms with Crippen molar-refractivity contribution in [2.24, 2.45) is 5.92 Å². The zero-order valence-electron chi connectivity index (χ0n) is 16.8. The molecule has 0 saturated carbocycles. The fourth-order valence-electron chi connectivity index (χ4n) is 3.32. The van der Waals surface area contributed by atoms with Crippen LogP contribution in [-0.4, -0.2) is 46.8 Å². The molecular formula is C20H19N7O4S. The molecule has 1 amide bonds. The molecule has 12 heteroatoms. The van der Waals surface area contributed by atoms with Crippen LogP contribution in [-0.2, 0) is 14.8 Å². The van der Waals surface area contributed by atoms with Gasteiger partial charge in [0.2, 0.25) is 21.8 Å². The highest BCUT2D eigenvalue weighted by Gasteiger charge is 2.32. The molecule has 32 heavy (non-hydrogen) atoms. The molecule has 11 nitrogen and oxygen atoms in total. The van der Waals surface area contributed by atoms with Gasteiger partial charge in [0.05, 0.1) is 16.5 Å². The van der Waals surface area contributed by atoms with Crippen LogP contribution in [0.2, 0.25) is 0 Å². The molecule has 1 aliphatic heterocycles. The van der Waals surface area contributed by atoms with E-state index in [1.165, 1.54) is 28.6 Å². The number of hydrazine groups is 1. The second-order valence-electron chi connectivity index (χ2n) is 7.09. The first-order valence-electron chi connectivity index (χ1n) is 9.77. The van der Waals surface area contributed by atoms with Crippen LogP contribution in [0.15, 0.2) is 58.2 Å². The fourth-order valence-corrected chi connectivity index (χ4v) is 4.79. The lowest BCUT2D eigenvalue weighted by Gasteiger charge is -2.30. The molecule has 0 aliphatic carbocycles. The van der Waals surface area contributed by atoms with E-state index < -0.39 is 10.0 Å². The third-order valence-electron chi connectivity index (χ3n) is 5.10. The van der Waals surface area contributed by atoms with E-state index >= 15 is 0 Å². The Morgan fingerprint density at radius 1 is 1.12 bits per heavy atom. The van der Waals surface area contributed by atoms with E-state index in [4.69, 9.17) is 9.78 Å². The summed E-state index contributed by atoms with van der Waals surface area (Å²) in [4.78, 5) is 20.7. The highest BCUT2D eigenvalue weighted by atomic mass is 32.2. The van der Waals surface area contributed by atoms with Crippen molar-refractivity contribution in [1.82, 2.24) is 24.9 Å². The number of carbonyl (C=O) groups excluding carboxylic acids is 1. The maximum Gasteiger partial charge on any atom is 0.340 e. The van der Waals surface area contributed by atoms with E-state index in [9.17, 15) is 13.2 Å². The Bertz CT molecular complexity index is 1230. The van der Waals surface area contributed by atoms with E-state index in [-0.39, 0.29) is 35.8 Å². The van der Waals surface area contributed by atoms with Crippen molar-refractivity contribution >= 4 is 21.9 Å². The molecule has 0 unspecified atom stereocenters. The molecule has 0 bridgehead atoms. The number of anilines is 1. The van der Waals surface area contributed by atoms with Gasteiger partial charge in [-0.1, -0.05) is 5.16 Å². The molecule has 1 aliphatic rings. The number of nitrogens with zero attached hydrogens (tertiary/aromatic N) is 5. The van der Waals surface area contributed by atoms with Crippen LogP contribution in [0, 0.1) is 17.2 Å². The number of hydrogen-bond donors (Lipinski definition) is 2. The van der Waals surface area contributed by atoms with Crippen molar-refractivity contribution in [2.75, 3.05) is 18.5 Å². The number of benzene rings is 1. The largest absolute Gasteiger partial charge is 0.340 e. The van der Waals surface area contributed by atoms with Gasteiger partial charge in [-0.3, -0.25) is 15.2 Å². The quantitative estimate of drug-likeness (QED) is 0.529. The van der Waals surface area contributed by atoms with Crippen molar-refractivity contribution in [3.8, 4) is 17.5 Å². The maximum absolute atomic E-state index is 12.8. The van der Waals surface area contributed by atoms with E-state index in [1.54, 1.807) is 24.5 Å². The second kappa shape index (κ2) is 9.13. The van der Waals surface area contributed by atoms with Gasteiger partial charge in [0.25, 0.3) is 0 Å². The molecule has 0 atom stereocenters. The van der Waals surface area contributed by atoms with Gasteiger partial charge >= 0.3 is 6.01 Å². The van der Waals surface area contributed by atoms with Crippen LogP contribution in [0.5, 0.6) is 0 Å². The normalized spacial score (nSPS) is 15.1. The minimum atomic E-state index is -3.68. The molecule has 4 rings (SSSR count). The third kappa shape index (κ3) is 4.58. The van der Waals surface area contributed by atoms with E-state index in [1.807, 2.05) is 6.07 Å². The third-order valence-corrected chi connectivity index (χ3v) is 7.02. The monoisotopic (exact) mass is 453 g/mol. The second-order valence-corrected chi connectivity index (χ2v) is 9.03. The summed E-state index contributed by atoms with van der Waals surface area (Å²) >= 11 is 0. The van der Waals surface area contributed by atoms with Crippen LogP contribution < -0.4 is 10.9 Å². The highest BCUT2D eigenvalue weighted by Crippen LogP contribution is 2.24. The smallest absolute Gasteiger partial charge is 0.313 e. The van der Waals surface area contributed by atoms with Crippen molar-refractivity contribution in [3.63, 3.8) is 0 Å². The summed E-state index contributed by atoms with van der Waals surface area (Å²) in [6.45, 7) is 0.431. The van der Waals surface area contributed by atoms with Crippen molar-refractivity contribution in [3.05, 3.63) is 54.4 Å². The molecule has 0 radical (unpaired) electrons. The number of amides is 1. The average molecular weight is 453 g/mol. The predicted octanol–water partition coefficient (Wildman–Crippen LogP) is 1.55. The van der Waals surface area contributed by atoms with E-state index in [0.29, 0.717) is 24.2 Å². The number of carbonyl (C=O) groups is 1. The van der Waals surface area contributed by atoms with E-state index in [2.05, 4.69) is 26.0 Å². The number of rotatable bonds is 6. The van der Waals surface area contributed by atoms with Crippen molar-refractivity contribution in [2.45, 2.75) is 17.7 Å². The number of aromatic nitrogens is 3. The van der Waals surface area contributed by atoms with Crippen LogP contribution >= 0.6 is 0 Å². The average Bonchev–Trinajstić information content (AvgIpc) is 3.32. The van der Waals surface area contributed by atoms with Gasteiger partial charge in [0, 0.05) is 37.0 Å². The number of nitrogens with one attached hydrogen (secondary N) is 2. The van der Waals surface area contributed by atoms with Crippen molar-refractivity contribution < 1.29 is 17.7 Å². The first-order valence-corrected chi connectivity index (χ1v) is 11.2. The molecule has 2 aromatic heterocycles.